The lowest BCUT2D eigenvalue weighted by Crippen LogP contribution is -2.33. The minimum atomic E-state index is 0.692. The first-order valence-corrected chi connectivity index (χ1v) is 25.2. The smallest absolute Gasteiger partial charge is 0.0721 e. The lowest BCUT2D eigenvalue weighted by Gasteiger charge is -2.26. The van der Waals surface area contributed by atoms with Crippen LogP contribution in [-0.2, 0) is 9.68 Å². The van der Waals surface area contributed by atoms with Crippen LogP contribution in [0.4, 0.5) is 0 Å². The Balaban J connectivity index is 4.46. The molecule has 6 nitrogen and oxygen atoms in total. The molecule has 0 radical (unpaired) electrons. The predicted octanol–water partition coefficient (Wildman–Crippen LogP) is 14.3. The van der Waals surface area contributed by atoms with Crippen molar-refractivity contribution in [2.45, 2.75) is 245 Å². The Labute approximate surface area is 347 Å². The average molecular weight is 781 g/mol. The van der Waals surface area contributed by atoms with Crippen molar-refractivity contribution < 1.29 is 9.68 Å². The molecule has 332 valence electrons. The van der Waals surface area contributed by atoms with Crippen LogP contribution >= 0.6 is 0 Å². The Morgan fingerprint density at radius 3 is 0.855 bits per heavy atom. The topological polar surface area (TPSA) is 40.2 Å². The van der Waals surface area contributed by atoms with Gasteiger partial charge in [0.15, 0.2) is 0 Å². The van der Waals surface area contributed by atoms with Crippen LogP contribution in [-0.4, -0.2) is 87.8 Å². The second-order valence-corrected chi connectivity index (χ2v) is 17.4. The van der Waals surface area contributed by atoms with Gasteiger partial charge >= 0.3 is 0 Å². The Hall–Kier alpha value is -0.240. The van der Waals surface area contributed by atoms with Crippen LogP contribution in [0.15, 0.2) is 0 Å². The third kappa shape index (κ3) is 44.7. The molecule has 6 heteroatoms. The first-order valence-electron chi connectivity index (χ1n) is 25.2. The van der Waals surface area contributed by atoms with Crippen LogP contribution in [0.5, 0.6) is 0 Å². The van der Waals surface area contributed by atoms with E-state index in [0.717, 1.165) is 13.0 Å². The summed E-state index contributed by atoms with van der Waals surface area (Å²) >= 11 is 0. The van der Waals surface area contributed by atoms with Crippen LogP contribution in [0.25, 0.3) is 0 Å². The molecule has 0 unspecified atom stereocenters. The molecule has 0 amide bonds. The van der Waals surface area contributed by atoms with Gasteiger partial charge in [-0.05, 0) is 91.4 Å². The summed E-state index contributed by atoms with van der Waals surface area (Å²) in [6.07, 6.45) is 49.2. The Bertz CT molecular complexity index is 657. The molecule has 0 aliphatic rings. The maximum Gasteiger partial charge on any atom is 0.0721 e. The molecule has 0 atom stereocenters. The van der Waals surface area contributed by atoms with E-state index in [2.05, 4.69) is 48.2 Å². The van der Waals surface area contributed by atoms with Crippen LogP contribution in [0.2, 0.25) is 0 Å². The van der Waals surface area contributed by atoms with Gasteiger partial charge in [0.05, 0.1) is 13.7 Å². The maximum atomic E-state index is 5.36. The molecular weight excluding hydrogens is 677 g/mol. The summed E-state index contributed by atoms with van der Waals surface area (Å²) in [4.78, 5) is 18.3. The van der Waals surface area contributed by atoms with E-state index in [1.54, 1.807) is 7.11 Å². The first-order chi connectivity index (χ1) is 27.2. The van der Waals surface area contributed by atoms with Gasteiger partial charge in [-0.25, -0.2) is 0 Å². The lowest BCUT2D eigenvalue weighted by molar-refractivity contribution is -0.152. The Morgan fingerprint density at radius 1 is 0.309 bits per heavy atom. The zero-order valence-electron chi connectivity index (χ0n) is 38.8. The van der Waals surface area contributed by atoms with Crippen molar-refractivity contribution in [2.75, 3.05) is 73.1 Å². The van der Waals surface area contributed by atoms with Gasteiger partial charge in [0.2, 0.25) is 0 Å². The Kier molecular flexibility index (Phi) is 47.9. The maximum absolute atomic E-state index is 5.36. The van der Waals surface area contributed by atoms with E-state index >= 15 is 0 Å². The number of rotatable bonds is 49. The normalized spacial score (nSPS) is 12.0. The zero-order chi connectivity index (χ0) is 40.0. The molecular formula is C49H104N4O2. The van der Waals surface area contributed by atoms with Crippen LogP contribution in [0, 0.1) is 0 Å². The minimum Gasteiger partial charge on any atom is -0.306 e. The molecule has 0 saturated carbocycles. The number of nitrogens with one attached hydrogen (secondary N) is 1. The molecule has 0 aromatic rings. The van der Waals surface area contributed by atoms with Gasteiger partial charge in [-0.2, -0.15) is 0 Å². The summed E-state index contributed by atoms with van der Waals surface area (Å²) in [5, 5.41) is 0. The Morgan fingerprint density at radius 2 is 0.564 bits per heavy atom. The molecule has 0 heterocycles. The third-order valence-electron chi connectivity index (χ3n) is 11.9. The lowest BCUT2D eigenvalue weighted by atomic mass is 10.1. The van der Waals surface area contributed by atoms with Crippen molar-refractivity contribution in [3.63, 3.8) is 0 Å². The van der Waals surface area contributed by atoms with Crippen molar-refractivity contribution in [1.82, 2.24) is 20.3 Å². The summed E-state index contributed by atoms with van der Waals surface area (Å²) in [5.41, 5.74) is 2.53. The van der Waals surface area contributed by atoms with Gasteiger partial charge in [-0.3, -0.25) is 9.68 Å². The minimum absolute atomic E-state index is 0.692. The quantitative estimate of drug-likeness (QED) is 0.0490. The van der Waals surface area contributed by atoms with Crippen molar-refractivity contribution >= 4 is 0 Å². The highest BCUT2D eigenvalue weighted by Crippen LogP contribution is 2.15. The molecule has 0 saturated heterocycles. The monoisotopic (exact) mass is 781 g/mol. The fraction of sp³-hybridized carbons (Fsp3) is 1.00. The number of hydrogen-bond donors (Lipinski definition) is 1. The van der Waals surface area contributed by atoms with E-state index in [1.807, 2.05) is 0 Å². The second kappa shape index (κ2) is 48.1. The summed E-state index contributed by atoms with van der Waals surface area (Å²) in [5.74, 6) is 0. The molecule has 0 spiro atoms. The SMILES string of the molecule is CCCCCCCCCCCCCN(CCCCCCCCCCCCC)CCCN(C)CCCN(CCCCCCCCCCCC)CCCONOC. The molecule has 0 bridgehead atoms. The average Bonchev–Trinajstić information content (AvgIpc) is 3.19. The summed E-state index contributed by atoms with van der Waals surface area (Å²) < 4.78 is 0. The van der Waals surface area contributed by atoms with Crippen molar-refractivity contribution in [1.29, 1.82) is 0 Å². The van der Waals surface area contributed by atoms with Gasteiger partial charge < -0.3 is 14.7 Å². The summed E-state index contributed by atoms with van der Waals surface area (Å²) in [6, 6.07) is 0. The van der Waals surface area contributed by atoms with Gasteiger partial charge in [-0.1, -0.05) is 213 Å². The highest BCUT2D eigenvalue weighted by Gasteiger charge is 2.09. The van der Waals surface area contributed by atoms with Crippen LogP contribution in [0.3, 0.4) is 0 Å². The molecule has 0 aliphatic carbocycles. The van der Waals surface area contributed by atoms with Gasteiger partial charge in [0.1, 0.15) is 0 Å². The second-order valence-electron chi connectivity index (χ2n) is 17.4. The van der Waals surface area contributed by atoms with Crippen molar-refractivity contribution in [3.05, 3.63) is 0 Å². The highest BCUT2D eigenvalue weighted by atomic mass is 16.9. The van der Waals surface area contributed by atoms with E-state index in [0.29, 0.717) is 6.61 Å². The molecule has 1 N–H and O–H groups in total. The van der Waals surface area contributed by atoms with E-state index in [9.17, 15) is 0 Å². The van der Waals surface area contributed by atoms with E-state index in [1.165, 1.54) is 264 Å². The van der Waals surface area contributed by atoms with Gasteiger partial charge in [0, 0.05) is 6.54 Å². The predicted molar refractivity (Wildman–Crippen MR) is 245 cm³/mol. The number of hydrogen-bond acceptors (Lipinski definition) is 6. The van der Waals surface area contributed by atoms with Gasteiger partial charge in [-0.15, -0.1) is 0 Å². The van der Waals surface area contributed by atoms with Gasteiger partial charge in [0.25, 0.3) is 0 Å². The summed E-state index contributed by atoms with van der Waals surface area (Å²) in [6.45, 7) is 17.5. The molecule has 55 heavy (non-hydrogen) atoms. The fourth-order valence-corrected chi connectivity index (χ4v) is 8.19. The van der Waals surface area contributed by atoms with E-state index < -0.39 is 0 Å². The van der Waals surface area contributed by atoms with E-state index in [4.69, 9.17) is 9.68 Å². The molecule has 0 fully saturated rings. The first kappa shape index (κ1) is 54.8. The molecule has 0 aromatic heterocycles. The molecule has 0 aromatic carbocycles. The molecule has 0 rings (SSSR count). The largest absolute Gasteiger partial charge is 0.306 e. The molecule has 0 aliphatic heterocycles. The standard InChI is InChI=1S/C49H104N4O2/c1-6-9-12-15-18-21-24-27-30-32-35-43-52(44-36-33-31-28-25-22-19-16-13-10-7-2)46-38-41-51(4)42-39-47-53(48-40-49-55-50-54-5)45-37-34-29-26-23-20-17-14-11-8-3/h50H,6-49H2,1-5H3. The number of unbranched alkanes of at least 4 members (excludes halogenated alkanes) is 29. The van der Waals surface area contributed by atoms with Crippen LogP contribution in [0.1, 0.15) is 245 Å². The van der Waals surface area contributed by atoms with Crippen LogP contribution < -0.4 is 5.64 Å². The zero-order valence-corrected chi connectivity index (χ0v) is 38.8. The summed E-state index contributed by atoms with van der Waals surface area (Å²) in [7, 11) is 3.96. The third-order valence-corrected chi connectivity index (χ3v) is 11.9. The van der Waals surface area contributed by atoms with Crippen molar-refractivity contribution in [3.8, 4) is 0 Å². The number of nitrogens with zero attached hydrogens (tertiary/aromatic N) is 3. The highest BCUT2D eigenvalue weighted by molar-refractivity contribution is 4.65. The van der Waals surface area contributed by atoms with Crippen molar-refractivity contribution in [2.24, 2.45) is 0 Å². The fourth-order valence-electron chi connectivity index (χ4n) is 8.19. The van der Waals surface area contributed by atoms with E-state index in [-0.39, 0.29) is 0 Å².